The number of rotatable bonds is 10. The van der Waals surface area contributed by atoms with E-state index in [2.05, 4.69) is 15.6 Å². The molecule has 3 amide bonds. The fourth-order valence-corrected chi connectivity index (χ4v) is 6.96. The first kappa shape index (κ1) is 32.7. The van der Waals surface area contributed by atoms with E-state index < -0.39 is 47.3 Å². The summed E-state index contributed by atoms with van der Waals surface area (Å²) in [5.41, 5.74) is -0.367. The quantitative estimate of drug-likeness (QED) is 0.349. The Morgan fingerprint density at radius 3 is 2.51 bits per heavy atom. The highest BCUT2D eigenvalue weighted by molar-refractivity contribution is 5.96. The average Bonchev–Trinajstić information content (AvgIpc) is 3.56. The van der Waals surface area contributed by atoms with E-state index in [0.29, 0.717) is 12.8 Å². The Morgan fingerprint density at radius 2 is 1.84 bits per heavy atom. The van der Waals surface area contributed by atoms with Crippen molar-refractivity contribution in [2.45, 2.75) is 115 Å². The Morgan fingerprint density at radius 1 is 1.11 bits per heavy atom. The summed E-state index contributed by atoms with van der Waals surface area (Å²) < 4.78 is 11.8. The number of nitrogens with zero attached hydrogens (tertiary/aromatic N) is 2. The standard InChI is InChI=1S/C34H46N4O7/c1-5-24-18-34(24,31(41)42)37-29(39)26-17-25(44-20-23-14-9-13-21-15-10-16-35-27(21)23)19-38(26)30(40)28(22-11-7-6-8-12-22)36-32(43)45-33(2,3)4/h9-10,13-16,22,24-26,28H,5-8,11-12,17-20H2,1-4H3,(H,36,43)(H,37,39)(H,41,42)/t24?,25-,26+,28+,34-/m1/s1. The molecule has 1 aromatic carbocycles. The van der Waals surface area contributed by atoms with Gasteiger partial charge in [-0.25, -0.2) is 9.59 Å². The molecular formula is C34H46N4O7. The van der Waals surface area contributed by atoms with Crippen molar-refractivity contribution in [3.63, 3.8) is 0 Å². The highest BCUT2D eigenvalue weighted by atomic mass is 16.6. The van der Waals surface area contributed by atoms with Gasteiger partial charge in [0.2, 0.25) is 11.8 Å². The van der Waals surface area contributed by atoms with Crippen LogP contribution in [0.4, 0.5) is 4.79 Å². The lowest BCUT2D eigenvalue weighted by Crippen LogP contribution is -2.58. The van der Waals surface area contributed by atoms with Gasteiger partial charge in [0.15, 0.2) is 0 Å². The summed E-state index contributed by atoms with van der Waals surface area (Å²) in [4.78, 5) is 59.4. The number of pyridine rings is 1. The third-order valence-electron chi connectivity index (χ3n) is 9.42. The number of hydrogen-bond acceptors (Lipinski definition) is 7. The zero-order valence-corrected chi connectivity index (χ0v) is 26.7. The summed E-state index contributed by atoms with van der Waals surface area (Å²) >= 11 is 0. The molecule has 0 spiro atoms. The molecule has 3 aliphatic rings. The first-order valence-electron chi connectivity index (χ1n) is 16.2. The van der Waals surface area contributed by atoms with Crippen LogP contribution in [0.3, 0.4) is 0 Å². The van der Waals surface area contributed by atoms with Gasteiger partial charge in [0.1, 0.15) is 23.2 Å². The highest BCUT2D eigenvalue weighted by Gasteiger charge is 2.61. The number of likely N-dealkylation sites (tertiary alicyclic amines) is 1. The van der Waals surface area contributed by atoms with E-state index in [0.717, 1.165) is 48.6 Å². The lowest BCUT2D eigenvalue weighted by Gasteiger charge is -2.35. The molecule has 5 atom stereocenters. The summed E-state index contributed by atoms with van der Waals surface area (Å²) in [6.45, 7) is 7.55. The molecule has 11 nitrogen and oxygen atoms in total. The molecule has 2 heterocycles. The zero-order chi connectivity index (χ0) is 32.4. The fraction of sp³-hybridized carbons (Fsp3) is 0.618. The number of carbonyl (C=O) groups is 4. The van der Waals surface area contributed by atoms with E-state index in [1.807, 2.05) is 37.3 Å². The Kier molecular flexibility index (Phi) is 9.67. The van der Waals surface area contributed by atoms with Crippen molar-refractivity contribution in [3.8, 4) is 0 Å². The third kappa shape index (κ3) is 7.40. The average molecular weight is 623 g/mol. The molecule has 1 saturated heterocycles. The molecule has 1 aliphatic heterocycles. The molecular weight excluding hydrogens is 576 g/mol. The lowest BCUT2D eigenvalue weighted by molar-refractivity contribution is -0.146. The van der Waals surface area contributed by atoms with Gasteiger partial charge in [0.05, 0.1) is 18.2 Å². The van der Waals surface area contributed by atoms with Crippen molar-refractivity contribution in [1.82, 2.24) is 20.5 Å². The van der Waals surface area contributed by atoms with Crippen molar-refractivity contribution in [2.75, 3.05) is 6.54 Å². The van der Waals surface area contributed by atoms with Crippen LogP contribution >= 0.6 is 0 Å². The molecule has 2 aromatic rings. The van der Waals surface area contributed by atoms with Gasteiger partial charge >= 0.3 is 12.1 Å². The Hall–Kier alpha value is -3.73. The van der Waals surface area contributed by atoms with Gasteiger partial charge in [-0.2, -0.15) is 0 Å². The number of para-hydroxylation sites is 1. The number of alkyl carbamates (subject to hydrolysis) is 1. The maximum atomic E-state index is 14.4. The minimum absolute atomic E-state index is 0.109. The largest absolute Gasteiger partial charge is 0.479 e. The highest BCUT2D eigenvalue weighted by Crippen LogP contribution is 2.46. The van der Waals surface area contributed by atoms with Crippen LogP contribution in [-0.2, 0) is 30.5 Å². The molecule has 2 saturated carbocycles. The van der Waals surface area contributed by atoms with Gasteiger partial charge in [-0.15, -0.1) is 0 Å². The number of hydrogen-bond donors (Lipinski definition) is 3. The topological polar surface area (TPSA) is 147 Å². The maximum Gasteiger partial charge on any atom is 0.408 e. The second-order valence-corrected chi connectivity index (χ2v) is 13.8. The number of aromatic nitrogens is 1. The normalized spacial score (nSPS) is 25.9. The van der Waals surface area contributed by atoms with E-state index in [4.69, 9.17) is 9.47 Å². The van der Waals surface area contributed by atoms with Crippen LogP contribution in [0, 0.1) is 11.8 Å². The summed E-state index contributed by atoms with van der Waals surface area (Å²) in [7, 11) is 0. The fourth-order valence-electron chi connectivity index (χ4n) is 6.96. The molecule has 2 aliphatic carbocycles. The SMILES string of the molecule is CCC1C[C@]1(NC(=O)[C@@H]1C[C@@H](OCc2cccc3cccnc23)CN1C(=O)[C@@H](NC(=O)OC(C)(C)C)C1CCCCC1)C(=O)O. The number of carbonyl (C=O) groups excluding carboxylic acids is 3. The monoisotopic (exact) mass is 622 g/mol. The van der Waals surface area contributed by atoms with Crippen molar-refractivity contribution in [1.29, 1.82) is 0 Å². The van der Waals surface area contributed by atoms with Crippen LogP contribution in [0.2, 0.25) is 0 Å². The Balaban J connectivity index is 1.39. The van der Waals surface area contributed by atoms with E-state index in [1.54, 1.807) is 27.0 Å². The molecule has 1 unspecified atom stereocenters. The second-order valence-electron chi connectivity index (χ2n) is 13.8. The van der Waals surface area contributed by atoms with Gasteiger partial charge < -0.3 is 30.1 Å². The van der Waals surface area contributed by atoms with Crippen molar-refractivity contribution < 1.29 is 33.8 Å². The van der Waals surface area contributed by atoms with Gasteiger partial charge in [-0.1, -0.05) is 56.9 Å². The minimum Gasteiger partial charge on any atom is -0.479 e. The Labute approximate surface area is 264 Å². The van der Waals surface area contributed by atoms with Gasteiger partial charge in [-0.3, -0.25) is 14.6 Å². The zero-order valence-electron chi connectivity index (χ0n) is 26.7. The van der Waals surface area contributed by atoms with Crippen LogP contribution < -0.4 is 10.6 Å². The number of ether oxygens (including phenoxy) is 2. The third-order valence-corrected chi connectivity index (χ3v) is 9.42. The Bertz CT molecular complexity index is 1410. The van der Waals surface area contributed by atoms with E-state index >= 15 is 0 Å². The molecule has 1 aromatic heterocycles. The molecule has 11 heteroatoms. The van der Waals surface area contributed by atoms with Crippen LogP contribution in [0.1, 0.15) is 84.6 Å². The first-order valence-corrected chi connectivity index (χ1v) is 16.2. The van der Waals surface area contributed by atoms with E-state index in [1.165, 1.54) is 4.90 Å². The maximum absolute atomic E-state index is 14.4. The second kappa shape index (κ2) is 13.3. The minimum atomic E-state index is -1.33. The number of fused-ring (bicyclic) bond motifs is 1. The van der Waals surface area contributed by atoms with Crippen LogP contribution in [0.25, 0.3) is 10.9 Å². The predicted octanol–water partition coefficient (Wildman–Crippen LogP) is 4.56. The number of benzene rings is 1. The summed E-state index contributed by atoms with van der Waals surface area (Å²) in [5.74, 6) is -2.24. The molecule has 3 N–H and O–H groups in total. The van der Waals surface area contributed by atoms with Gasteiger partial charge in [0.25, 0.3) is 0 Å². The number of carboxylic acids is 1. The molecule has 0 radical (unpaired) electrons. The van der Waals surface area contributed by atoms with E-state index in [-0.39, 0.29) is 37.3 Å². The molecule has 45 heavy (non-hydrogen) atoms. The smallest absolute Gasteiger partial charge is 0.408 e. The number of aliphatic carboxylic acids is 1. The number of amides is 3. The van der Waals surface area contributed by atoms with Crippen LogP contribution in [0.5, 0.6) is 0 Å². The molecule has 244 valence electrons. The lowest BCUT2D eigenvalue weighted by atomic mass is 9.83. The molecule has 0 bridgehead atoms. The van der Waals surface area contributed by atoms with Crippen LogP contribution in [0.15, 0.2) is 36.5 Å². The molecule has 5 rings (SSSR count). The van der Waals surface area contributed by atoms with Gasteiger partial charge in [0, 0.05) is 30.1 Å². The summed E-state index contributed by atoms with van der Waals surface area (Å²) in [6, 6.07) is 7.87. The summed E-state index contributed by atoms with van der Waals surface area (Å²) in [5, 5.41) is 16.6. The number of carboxylic acid groups (broad SMARTS) is 1. The summed E-state index contributed by atoms with van der Waals surface area (Å²) in [6.07, 6.45) is 6.21. The van der Waals surface area contributed by atoms with Crippen LogP contribution in [-0.4, -0.2) is 74.7 Å². The number of nitrogens with one attached hydrogen (secondary N) is 2. The van der Waals surface area contributed by atoms with E-state index in [9.17, 15) is 24.3 Å². The first-order chi connectivity index (χ1) is 21.4. The van der Waals surface area contributed by atoms with Gasteiger partial charge in [-0.05, 0) is 57.9 Å². The van der Waals surface area contributed by atoms with Crippen molar-refractivity contribution in [3.05, 3.63) is 42.1 Å². The van der Waals surface area contributed by atoms with Crippen molar-refractivity contribution >= 4 is 34.8 Å². The molecule has 3 fully saturated rings. The van der Waals surface area contributed by atoms with Crippen molar-refractivity contribution in [2.24, 2.45) is 11.8 Å². The predicted molar refractivity (Wildman–Crippen MR) is 167 cm³/mol.